The van der Waals surface area contributed by atoms with E-state index in [1.165, 1.54) is 57.8 Å². The lowest BCUT2D eigenvalue weighted by Gasteiger charge is -2.61. The fraction of sp³-hybridized carbons (Fsp3) is 1.00. The fourth-order valence-electron chi connectivity index (χ4n) is 8.58. The van der Waals surface area contributed by atoms with Crippen LogP contribution in [0.1, 0.15) is 99.3 Å². The molecule has 9 atom stereocenters. The minimum absolute atomic E-state index is 0.388. The molecule has 0 aromatic rings. The van der Waals surface area contributed by atoms with Gasteiger partial charge in [-0.2, -0.15) is 0 Å². The van der Waals surface area contributed by atoms with Crippen molar-refractivity contribution in [3.8, 4) is 0 Å². The molecule has 26 heavy (non-hydrogen) atoms. The van der Waals surface area contributed by atoms with Gasteiger partial charge < -0.3 is 5.11 Å². The second-order valence-electron chi connectivity index (χ2n) is 10.9. The van der Waals surface area contributed by atoms with Gasteiger partial charge in [0.05, 0.1) is 0 Å². The third-order valence-electron chi connectivity index (χ3n) is 9.98. The summed E-state index contributed by atoms with van der Waals surface area (Å²) in [5.41, 5.74) is 1.17. The Labute approximate surface area is 163 Å². The van der Waals surface area contributed by atoms with E-state index >= 15 is 0 Å². The first-order chi connectivity index (χ1) is 12.4. The average molecular weight is 363 g/mol. The summed E-state index contributed by atoms with van der Waals surface area (Å²) in [6.45, 7) is 14.5. The van der Waals surface area contributed by atoms with Crippen LogP contribution in [0.25, 0.3) is 0 Å². The third kappa shape index (κ3) is 3.09. The Morgan fingerprint density at radius 3 is 2.23 bits per heavy atom. The van der Waals surface area contributed by atoms with Crippen LogP contribution in [0.3, 0.4) is 0 Å². The molecule has 1 heteroatoms. The van der Waals surface area contributed by atoms with E-state index in [0.717, 1.165) is 35.5 Å². The highest BCUT2D eigenvalue weighted by Gasteiger charge is 2.60. The minimum Gasteiger partial charge on any atom is -0.396 e. The van der Waals surface area contributed by atoms with Crippen molar-refractivity contribution in [1.82, 2.24) is 0 Å². The number of hydrogen-bond acceptors (Lipinski definition) is 1. The van der Waals surface area contributed by atoms with Crippen molar-refractivity contribution < 1.29 is 5.11 Å². The lowest BCUT2D eigenvalue weighted by molar-refractivity contribution is -0.121. The van der Waals surface area contributed by atoms with Crippen LogP contribution in [-0.4, -0.2) is 11.7 Å². The number of hydrogen-bond donors (Lipinski definition) is 1. The predicted octanol–water partition coefficient (Wildman–Crippen LogP) is 6.94. The summed E-state index contributed by atoms with van der Waals surface area (Å²) < 4.78 is 0. The van der Waals surface area contributed by atoms with Crippen LogP contribution in [0.2, 0.25) is 0 Å². The van der Waals surface area contributed by atoms with Gasteiger partial charge in [-0.15, -0.1) is 0 Å². The van der Waals surface area contributed by atoms with E-state index in [0.29, 0.717) is 23.4 Å². The second kappa shape index (κ2) is 7.76. The number of aliphatic hydroxyl groups excluding tert-OH is 1. The van der Waals surface area contributed by atoms with Gasteiger partial charge in [-0.05, 0) is 104 Å². The maximum atomic E-state index is 9.75. The highest BCUT2D eigenvalue weighted by atomic mass is 16.3. The monoisotopic (exact) mass is 362 g/mol. The fourth-order valence-corrected chi connectivity index (χ4v) is 8.58. The number of rotatable bonds is 2. The molecular formula is C25H46O. The Morgan fingerprint density at radius 2 is 1.54 bits per heavy atom. The standard InChI is InChI=1S/C23H40O.C2H6/c1-15-9-11-22(3)17(13-15)5-6-18-20-8-7-19(16(2)14-24)23(20,4)12-10-21(18)22;1-2/h15-21,24H,5-14H2,1-4H3;1-2H3. The van der Waals surface area contributed by atoms with Gasteiger partial charge in [-0.25, -0.2) is 0 Å². The molecule has 0 saturated heterocycles. The van der Waals surface area contributed by atoms with E-state index in [2.05, 4.69) is 27.7 Å². The molecule has 0 bridgehead atoms. The third-order valence-corrected chi connectivity index (χ3v) is 9.98. The molecule has 4 saturated carbocycles. The summed E-state index contributed by atoms with van der Waals surface area (Å²) in [5, 5.41) is 9.75. The summed E-state index contributed by atoms with van der Waals surface area (Å²) in [6, 6.07) is 0. The summed E-state index contributed by atoms with van der Waals surface area (Å²) in [4.78, 5) is 0. The molecule has 0 aliphatic heterocycles. The minimum atomic E-state index is 0.388. The zero-order valence-corrected chi connectivity index (χ0v) is 18.6. The van der Waals surface area contributed by atoms with Crippen LogP contribution in [0.4, 0.5) is 0 Å². The first-order valence-corrected chi connectivity index (χ1v) is 12.0. The molecular weight excluding hydrogens is 316 g/mol. The Hall–Kier alpha value is -0.0400. The lowest BCUT2D eigenvalue weighted by atomic mass is 9.44. The highest BCUT2D eigenvalue weighted by Crippen LogP contribution is 2.68. The Morgan fingerprint density at radius 1 is 0.885 bits per heavy atom. The van der Waals surface area contributed by atoms with Gasteiger partial charge in [0.2, 0.25) is 0 Å². The Balaban J connectivity index is 0.000000948. The van der Waals surface area contributed by atoms with Gasteiger partial charge in [0.15, 0.2) is 0 Å². The van der Waals surface area contributed by atoms with Crippen LogP contribution in [0, 0.1) is 52.3 Å². The van der Waals surface area contributed by atoms with Crippen molar-refractivity contribution in [3.63, 3.8) is 0 Å². The second-order valence-corrected chi connectivity index (χ2v) is 10.9. The molecule has 4 fully saturated rings. The molecule has 4 aliphatic rings. The SMILES string of the molecule is CC.CC1CCC2(C)C(CCC3C2CCC2(C)C(C(C)CO)CCC32)C1. The molecule has 0 heterocycles. The summed E-state index contributed by atoms with van der Waals surface area (Å²) >= 11 is 0. The molecule has 0 aromatic carbocycles. The number of fused-ring (bicyclic) bond motifs is 5. The molecule has 0 spiro atoms. The summed E-state index contributed by atoms with van der Waals surface area (Å²) in [6.07, 6.45) is 13.2. The van der Waals surface area contributed by atoms with Crippen LogP contribution < -0.4 is 0 Å². The number of aliphatic hydroxyl groups is 1. The van der Waals surface area contributed by atoms with Crippen LogP contribution >= 0.6 is 0 Å². The predicted molar refractivity (Wildman–Crippen MR) is 112 cm³/mol. The van der Waals surface area contributed by atoms with E-state index < -0.39 is 0 Å². The van der Waals surface area contributed by atoms with Gasteiger partial charge in [0.25, 0.3) is 0 Å². The van der Waals surface area contributed by atoms with Crippen molar-refractivity contribution in [2.75, 3.05) is 6.61 Å². The largest absolute Gasteiger partial charge is 0.396 e. The van der Waals surface area contributed by atoms with E-state index in [1.54, 1.807) is 0 Å². The molecule has 0 aromatic heterocycles. The molecule has 4 aliphatic carbocycles. The quantitative estimate of drug-likeness (QED) is 0.564. The van der Waals surface area contributed by atoms with Crippen molar-refractivity contribution in [3.05, 3.63) is 0 Å². The Bertz CT molecular complexity index is 473. The molecule has 4 rings (SSSR count). The van der Waals surface area contributed by atoms with Crippen molar-refractivity contribution >= 4 is 0 Å². The summed E-state index contributed by atoms with van der Waals surface area (Å²) in [5.74, 6) is 6.20. The normalized spacial score (nSPS) is 51.3. The van der Waals surface area contributed by atoms with Gasteiger partial charge in [-0.1, -0.05) is 48.0 Å². The zero-order chi connectivity index (χ0) is 19.1. The molecule has 1 N–H and O–H groups in total. The van der Waals surface area contributed by atoms with Gasteiger partial charge in [-0.3, -0.25) is 0 Å². The van der Waals surface area contributed by atoms with Gasteiger partial charge in [0, 0.05) is 6.61 Å². The Kier molecular flexibility index (Phi) is 6.18. The maximum absolute atomic E-state index is 9.75. The first-order valence-electron chi connectivity index (χ1n) is 12.0. The van der Waals surface area contributed by atoms with E-state index in [1.807, 2.05) is 13.8 Å². The van der Waals surface area contributed by atoms with E-state index in [9.17, 15) is 5.11 Å². The molecule has 0 amide bonds. The highest BCUT2D eigenvalue weighted by molar-refractivity contribution is 5.09. The van der Waals surface area contributed by atoms with Gasteiger partial charge in [0.1, 0.15) is 0 Å². The molecule has 0 radical (unpaired) electrons. The van der Waals surface area contributed by atoms with Crippen LogP contribution in [0.15, 0.2) is 0 Å². The van der Waals surface area contributed by atoms with E-state index in [4.69, 9.17) is 0 Å². The van der Waals surface area contributed by atoms with Gasteiger partial charge >= 0.3 is 0 Å². The van der Waals surface area contributed by atoms with E-state index in [-0.39, 0.29) is 0 Å². The smallest absolute Gasteiger partial charge is 0.0459 e. The first kappa shape index (κ1) is 20.7. The summed E-state index contributed by atoms with van der Waals surface area (Å²) in [7, 11) is 0. The molecule has 1 nitrogen and oxygen atoms in total. The van der Waals surface area contributed by atoms with Crippen molar-refractivity contribution in [1.29, 1.82) is 0 Å². The van der Waals surface area contributed by atoms with Crippen molar-refractivity contribution in [2.24, 2.45) is 52.3 Å². The lowest BCUT2D eigenvalue weighted by Crippen LogP contribution is -2.53. The average Bonchev–Trinajstić information content (AvgIpc) is 3.00. The zero-order valence-electron chi connectivity index (χ0n) is 18.6. The topological polar surface area (TPSA) is 20.2 Å². The molecule has 9 unspecified atom stereocenters. The van der Waals surface area contributed by atoms with Crippen LogP contribution in [0.5, 0.6) is 0 Å². The van der Waals surface area contributed by atoms with Crippen LogP contribution in [-0.2, 0) is 0 Å². The maximum Gasteiger partial charge on any atom is 0.0459 e. The van der Waals surface area contributed by atoms with Crippen molar-refractivity contribution in [2.45, 2.75) is 99.3 Å². The molecule has 152 valence electrons.